The predicted octanol–water partition coefficient (Wildman–Crippen LogP) is 2.97. The molecule has 0 amide bonds. The number of carbonyl (C=O) groups is 1. The molecule has 0 radical (unpaired) electrons. The Balaban J connectivity index is 2.34. The lowest BCUT2D eigenvalue weighted by molar-refractivity contribution is 0.0690. The van der Waals surface area contributed by atoms with Crippen molar-refractivity contribution < 1.29 is 14.3 Å². The van der Waals surface area contributed by atoms with E-state index in [2.05, 4.69) is 25.9 Å². The minimum absolute atomic E-state index is 0.0490. The zero-order valence-corrected chi connectivity index (χ0v) is 13.2. The average Bonchev–Trinajstić information content (AvgIpc) is 2.38. The highest BCUT2D eigenvalue weighted by atomic mass is 79.9. The molecule has 0 atom stereocenters. The second-order valence-electron chi connectivity index (χ2n) is 4.18. The van der Waals surface area contributed by atoms with Crippen molar-refractivity contribution in [2.24, 2.45) is 0 Å². The van der Waals surface area contributed by atoms with E-state index in [0.29, 0.717) is 10.0 Å². The van der Waals surface area contributed by atoms with Gasteiger partial charge in [0.1, 0.15) is 16.4 Å². The highest BCUT2D eigenvalue weighted by Gasteiger charge is 2.17. The Labute approximate surface area is 131 Å². The lowest BCUT2D eigenvalue weighted by Gasteiger charge is -2.08. The van der Waals surface area contributed by atoms with E-state index in [9.17, 15) is 19.1 Å². The minimum Gasteiger partial charge on any atom is -0.478 e. The third-order valence-electron chi connectivity index (χ3n) is 2.67. The molecule has 5 nitrogen and oxygen atoms in total. The van der Waals surface area contributed by atoms with Gasteiger partial charge in [-0.05, 0) is 30.7 Å². The van der Waals surface area contributed by atoms with Crippen LogP contribution in [-0.2, 0) is 5.75 Å². The standard InChI is InChI=1S/C13H10BrFN2O3S/c1-6-10(12(18)19)11(17-13(20)16-6)21-5-7-4-8(15)2-3-9(7)14/h2-4H,5H2,1H3,(H,18,19)(H,16,17,20). The smallest absolute Gasteiger partial charge is 0.346 e. The number of halogens is 2. The number of H-pyrrole nitrogens is 1. The lowest BCUT2D eigenvalue weighted by Crippen LogP contribution is -2.18. The number of nitrogens with one attached hydrogen (secondary N) is 1. The van der Waals surface area contributed by atoms with Gasteiger partial charge < -0.3 is 10.1 Å². The van der Waals surface area contributed by atoms with Crippen molar-refractivity contribution in [1.29, 1.82) is 0 Å². The number of carboxylic acids is 1. The van der Waals surface area contributed by atoms with Crippen molar-refractivity contribution in [3.05, 3.63) is 55.8 Å². The predicted molar refractivity (Wildman–Crippen MR) is 80.2 cm³/mol. The quantitative estimate of drug-likeness (QED) is 0.636. The molecule has 0 fully saturated rings. The summed E-state index contributed by atoms with van der Waals surface area (Å²) in [6.45, 7) is 1.49. The van der Waals surface area contributed by atoms with Gasteiger partial charge in [0.15, 0.2) is 0 Å². The number of aromatic nitrogens is 2. The van der Waals surface area contributed by atoms with Gasteiger partial charge in [-0.25, -0.2) is 14.0 Å². The van der Waals surface area contributed by atoms with Crippen LogP contribution in [0.1, 0.15) is 21.6 Å². The van der Waals surface area contributed by atoms with Crippen molar-refractivity contribution in [1.82, 2.24) is 9.97 Å². The van der Waals surface area contributed by atoms with Crippen molar-refractivity contribution in [2.45, 2.75) is 17.7 Å². The molecule has 2 aromatic rings. The Hall–Kier alpha value is -1.67. The number of aryl methyl sites for hydroxylation is 1. The molecule has 1 aromatic carbocycles. The topological polar surface area (TPSA) is 83.0 Å². The largest absolute Gasteiger partial charge is 0.478 e. The third-order valence-corrected chi connectivity index (χ3v) is 4.47. The van der Waals surface area contributed by atoms with Gasteiger partial charge in [0.2, 0.25) is 0 Å². The molecule has 0 aliphatic heterocycles. The van der Waals surface area contributed by atoms with Gasteiger partial charge in [-0.15, -0.1) is 11.8 Å². The van der Waals surface area contributed by atoms with Gasteiger partial charge in [0, 0.05) is 15.9 Å². The molecule has 0 spiro atoms. The van der Waals surface area contributed by atoms with Crippen LogP contribution in [0.3, 0.4) is 0 Å². The monoisotopic (exact) mass is 372 g/mol. The molecular formula is C13H10BrFN2O3S. The number of rotatable bonds is 4. The molecule has 1 heterocycles. The van der Waals surface area contributed by atoms with Crippen LogP contribution in [0, 0.1) is 12.7 Å². The summed E-state index contributed by atoms with van der Waals surface area (Å²) in [5.74, 6) is -1.27. The van der Waals surface area contributed by atoms with E-state index in [-0.39, 0.29) is 27.9 Å². The molecule has 0 aliphatic rings. The summed E-state index contributed by atoms with van der Waals surface area (Å²) in [6.07, 6.45) is 0. The number of hydrogen-bond donors (Lipinski definition) is 2. The number of hydrogen-bond acceptors (Lipinski definition) is 4. The molecule has 110 valence electrons. The van der Waals surface area contributed by atoms with Crippen LogP contribution in [0.2, 0.25) is 0 Å². The van der Waals surface area contributed by atoms with Crippen molar-refractivity contribution in [2.75, 3.05) is 0 Å². The summed E-state index contributed by atoms with van der Waals surface area (Å²) in [5.41, 5.74) is 0.227. The molecule has 8 heteroatoms. The maximum atomic E-state index is 13.2. The number of carboxylic acid groups (broad SMARTS) is 1. The second-order valence-corrected chi connectivity index (χ2v) is 6.00. The highest BCUT2D eigenvalue weighted by molar-refractivity contribution is 9.10. The van der Waals surface area contributed by atoms with E-state index in [1.807, 2.05) is 0 Å². The Bertz CT molecular complexity index is 764. The molecule has 2 rings (SSSR count). The van der Waals surface area contributed by atoms with E-state index in [1.165, 1.54) is 19.1 Å². The van der Waals surface area contributed by atoms with Gasteiger partial charge >= 0.3 is 11.7 Å². The van der Waals surface area contributed by atoms with E-state index >= 15 is 0 Å². The maximum Gasteiger partial charge on any atom is 0.346 e. The molecule has 0 unspecified atom stereocenters. The minimum atomic E-state index is -1.17. The number of aromatic amines is 1. The summed E-state index contributed by atoms with van der Waals surface area (Å²) in [7, 11) is 0. The Morgan fingerprint density at radius 3 is 2.90 bits per heavy atom. The first-order valence-electron chi connectivity index (χ1n) is 5.79. The van der Waals surface area contributed by atoms with Gasteiger partial charge in [-0.3, -0.25) is 0 Å². The SMILES string of the molecule is Cc1[nH]c(=O)nc(SCc2cc(F)ccc2Br)c1C(=O)O. The molecule has 0 aliphatic carbocycles. The third kappa shape index (κ3) is 3.70. The number of nitrogens with zero attached hydrogens (tertiary/aromatic N) is 1. The van der Waals surface area contributed by atoms with Gasteiger partial charge in [0.05, 0.1) is 0 Å². The molecule has 2 N–H and O–H groups in total. The normalized spacial score (nSPS) is 10.6. The Morgan fingerprint density at radius 1 is 1.52 bits per heavy atom. The number of benzene rings is 1. The molecule has 21 heavy (non-hydrogen) atoms. The van der Waals surface area contributed by atoms with E-state index in [4.69, 9.17) is 0 Å². The average molecular weight is 373 g/mol. The van der Waals surface area contributed by atoms with Crippen molar-refractivity contribution in [3.8, 4) is 0 Å². The van der Waals surface area contributed by atoms with Gasteiger partial charge in [-0.1, -0.05) is 15.9 Å². The fourth-order valence-corrected chi connectivity index (χ4v) is 3.35. The maximum absolute atomic E-state index is 13.2. The zero-order chi connectivity index (χ0) is 15.6. The van der Waals surface area contributed by atoms with Crippen molar-refractivity contribution in [3.63, 3.8) is 0 Å². The summed E-state index contributed by atoms with van der Waals surface area (Å²) in [5, 5.41) is 9.30. The van der Waals surface area contributed by atoms with Crippen LogP contribution in [0.4, 0.5) is 4.39 Å². The molecular weight excluding hydrogens is 363 g/mol. The first kappa shape index (κ1) is 15.7. The van der Waals surface area contributed by atoms with Crippen molar-refractivity contribution >= 4 is 33.7 Å². The summed E-state index contributed by atoms with van der Waals surface area (Å²) in [6, 6.07) is 4.23. The zero-order valence-electron chi connectivity index (χ0n) is 10.8. The van der Waals surface area contributed by atoms with E-state index in [1.54, 1.807) is 6.07 Å². The Kier molecular flexibility index (Phi) is 4.79. The summed E-state index contributed by atoms with van der Waals surface area (Å²) in [4.78, 5) is 28.7. The van der Waals surface area contributed by atoms with Gasteiger partial charge in [-0.2, -0.15) is 4.98 Å². The lowest BCUT2D eigenvalue weighted by atomic mass is 10.2. The van der Waals surface area contributed by atoms with Crippen LogP contribution in [0.15, 0.2) is 32.5 Å². The van der Waals surface area contributed by atoms with E-state index < -0.39 is 11.7 Å². The number of thioether (sulfide) groups is 1. The van der Waals surface area contributed by atoms with Crippen LogP contribution >= 0.6 is 27.7 Å². The number of aromatic carboxylic acids is 1. The van der Waals surface area contributed by atoms with Crippen LogP contribution < -0.4 is 5.69 Å². The first-order chi connectivity index (χ1) is 9.88. The van der Waals surface area contributed by atoms with Crippen LogP contribution in [0.5, 0.6) is 0 Å². The molecule has 0 saturated carbocycles. The molecule has 1 aromatic heterocycles. The molecule has 0 bridgehead atoms. The fourth-order valence-electron chi connectivity index (χ4n) is 1.72. The Morgan fingerprint density at radius 2 is 2.24 bits per heavy atom. The first-order valence-corrected chi connectivity index (χ1v) is 7.57. The fraction of sp³-hybridized carbons (Fsp3) is 0.154. The van der Waals surface area contributed by atoms with Crippen LogP contribution in [0.25, 0.3) is 0 Å². The second kappa shape index (κ2) is 6.40. The van der Waals surface area contributed by atoms with Crippen LogP contribution in [-0.4, -0.2) is 21.0 Å². The van der Waals surface area contributed by atoms with E-state index in [0.717, 1.165) is 11.8 Å². The summed E-state index contributed by atoms with van der Waals surface area (Å²) >= 11 is 4.37. The highest BCUT2D eigenvalue weighted by Crippen LogP contribution is 2.28. The van der Waals surface area contributed by atoms with Gasteiger partial charge in [0.25, 0.3) is 0 Å². The summed E-state index contributed by atoms with van der Waals surface area (Å²) < 4.78 is 13.9. The molecule has 0 saturated heterocycles.